The molecular weight excluding hydrogens is 246 g/mol. The van der Waals surface area contributed by atoms with E-state index in [0.717, 1.165) is 0 Å². The first-order valence-electron chi connectivity index (χ1n) is 4.65. The van der Waals surface area contributed by atoms with E-state index in [2.05, 4.69) is 12.6 Å². The van der Waals surface area contributed by atoms with Crippen molar-refractivity contribution in [1.29, 1.82) is 0 Å². The summed E-state index contributed by atoms with van der Waals surface area (Å²) in [4.78, 5) is 13.0. The Labute approximate surface area is 101 Å². The third-order valence-corrected chi connectivity index (χ3v) is 4.49. The van der Waals surface area contributed by atoms with Crippen LogP contribution in [-0.2, 0) is 15.6 Å². The van der Waals surface area contributed by atoms with Crippen LogP contribution >= 0.6 is 12.6 Å². The van der Waals surface area contributed by atoms with Crippen molar-refractivity contribution in [3.63, 3.8) is 0 Å². The smallest absolute Gasteiger partial charge is 0.241 e. The summed E-state index contributed by atoms with van der Waals surface area (Å²) in [5, 5.41) is 0. The molecule has 1 fully saturated rings. The van der Waals surface area contributed by atoms with Gasteiger partial charge in [-0.1, -0.05) is 0 Å². The van der Waals surface area contributed by atoms with Crippen molar-refractivity contribution < 1.29 is 13.7 Å². The summed E-state index contributed by atoms with van der Waals surface area (Å²) in [5.41, 5.74) is 0.691. The van der Waals surface area contributed by atoms with Crippen LogP contribution in [0.2, 0.25) is 0 Å². The minimum Gasteiger partial charge on any atom is -0.497 e. The Kier molecular flexibility index (Phi) is 3.20. The number of rotatable bonds is 2. The maximum absolute atomic E-state index is 11.6. The molecule has 0 spiro atoms. The molecule has 1 aromatic rings. The van der Waals surface area contributed by atoms with Gasteiger partial charge in [-0.15, -0.1) is 12.6 Å². The van der Waals surface area contributed by atoms with Crippen LogP contribution in [0.5, 0.6) is 5.75 Å². The molecule has 6 heteroatoms. The van der Waals surface area contributed by atoms with Gasteiger partial charge in [-0.05, 0) is 24.3 Å². The molecular formula is C10H11NO3S2. The van der Waals surface area contributed by atoms with Crippen LogP contribution < -0.4 is 9.64 Å². The van der Waals surface area contributed by atoms with E-state index in [4.69, 9.17) is 4.74 Å². The fourth-order valence-corrected chi connectivity index (χ4v) is 3.01. The maximum Gasteiger partial charge on any atom is 0.241 e. The molecule has 1 saturated heterocycles. The standard InChI is InChI=1S/C10H11NO3S2/c1-14-8-4-2-7(3-5-8)11-9(12)6-16(13)10(11)15/h2-5,10,15H,6H2,1H3. The van der Waals surface area contributed by atoms with Gasteiger partial charge in [-0.25, -0.2) is 0 Å². The van der Waals surface area contributed by atoms with Crippen molar-refractivity contribution in [3.05, 3.63) is 24.3 Å². The Morgan fingerprint density at radius 2 is 2.06 bits per heavy atom. The lowest BCUT2D eigenvalue weighted by Gasteiger charge is -2.19. The van der Waals surface area contributed by atoms with Crippen LogP contribution in [0.1, 0.15) is 0 Å². The second-order valence-electron chi connectivity index (χ2n) is 3.31. The number of methoxy groups -OCH3 is 1. The quantitative estimate of drug-likeness (QED) is 0.804. The minimum absolute atomic E-state index is 0.0419. The molecule has 2 unspecified atom stereocenters. The lowest BCUT2D eigenvalue weighted by atomic mass is 10.3. The van der Waals surface area contributed by atoms with Gasteiger partial charge in [0.25, 0.3) is 0 Å². The molecule has 0 aliphatic carbocycles. The fourth-order valence-electron chi connectivity index (χ4n) is 1.52. The molecule has 0 N–H and O–H groups in total. The summed E-state index contributed by atoms with van der Waals surface area (Å²) in [5.74, 6) is 0.593. The molecule has 0 bridgehead atoms. The summed E-state index contributed by atoms with van der Waals surface area (Å²) in [6.45, 7) is 0. The molecule has 1 heterocycles. The molecule has 2 rings (SSSR count). The van der Waals surface area contributed by atoms with Gasteiger partial charge < -0.3 is 4.74 Å². The van der Waals surface area contributed by atoms with E-state index >= 15 is 0 Å². The third kappa shape index (κ3) is 1.94. The van der Waals surface area contributed by atoms with Crippen molar-refractivity contribution in [2.45, 2.75) is 4.71 Å². The molecule has 2 atom stereocenters. The molecule has 1 aromatic carbocycles. The van der Waals surface area contributed by atoms with Gasteiger partial charge in [0.05, 0.1) is 17.9 Å². The largest absolute Gasteiger partial charge is 0.497 e. The number of carbonyl (C=O) groups excluding carboxylic acids is 1. The summed E-state index contributed by atoms with van der Waals surface area (Å²) < 4.78 is 15.9. The molecule has 1 amide bonds. The highest BCUT2D eigenvalue weighted by molar-refractivity contribution is 8.02. The number of nitrogens with zero attached hydrogens (tertiary/aromatic N) is 1. The predicted molar refractivity (Wildman–Crippen MR) is 66.3 cm³/mol. The van der Waals surface area contributed by atoms with Gasteiger partial charge in [0.2, 0.25) is 5.91 Å². The van der Waals surface area contributed by atoms with Crippen molar-refractivity contribution in [3.8, 4) is 5.75 Å². The molecule has 0 radical (unpaired) electrons. The number of ether oxygens (including phenoxy) is 1. The fraction of sp³-hybridized carbons (Fsp3) is 0.300. The highest BCUT2D eigenvalue weighted by Crippen LogP contribution is 2.27. The zero-order chi connectivity index (χ0) is 11.7. The van der Waals surface area contributed by atoms with Crippen LogP contribution in [0.4, 0.5) is 5.69 Å². The average Bonchev–Trinajstić information content (AvgIpc) is 2.54. The highest BCUT2D eigenvalue weighted by atomic mass is 32.2. The van der Waals surface area contributed by atoms with E-state index in [0.29, 0.717) is 11.4 Å². The Morgan fingerprint density at radius 3 is 2.50 bits per heavy atom. The van der Waals surface area contributed by atoms with E-state index < -0.39 is 15.5 Å². The van der Waals surface area contributed by atoms with Crippen LogP contribution in [-0.4, -0.2) is 27.7 Å². The first-order chi connectivity index (χ1) is 7.63. The Bertz CT molecular complexity index is 432. The summed E-state index contributed by atoms with van der Waals surface area (Å²) in [6.07, 6.45) is 0. The van der Waals surface area contributed by atoms with Crippen molar-refractivity contribution >= 4 is 35.0 Å². The highest BCUT2D eigenvalue weighted by Gasteiger charge is 2.35. The van der Waals surface area contributed by atoms with Crippen LogP contribution in [0.3, 0.4) is 0 Å². The maximum atomic E-state index is 11.6. The number of hydrogen-bond acceptors (Lipinski definition) is 4. The summed E-state index contributed by atoms with van der Waals surface area (Å²) in [6, 6.07) is 7.01. The van der Waals surface area contributed by atoms with Gasteiger partial charge in [-0.2, -0.15) is 0 Å². The Balaban J connectivity index is 2.29. The van der Waals surface area contributed by atoms with Gasteiger partial charge in [0.15, 0.2) is 4.71 Å². The second kappa shape index (κ2) is 4.47. The van der Waals surface area contributed by atoms with E-state index in [1.807, 2.05) is 0 Å². The first-order valence-corrected chi connectivity index (χ1v) is 6.54. The molecule has 86 valence electrons. The normalized spacial score (nSPS) is 24.9. The Morgan fingerprint density at radius 1 is 1.44 bits per heavy atom. The zero-order valence-corrected chi connectivity index (χ0v) is 10.3. The number of amides is 1. The van der Waals surface area contributed by atoms with Crippen molar-refractivity contribution in [2.75, 3.05) is 17.8 Å². The SMILES string of the molecule is COc1ccc(N2C(=O)CS(=O)C2S)cc1. The predicted octanol–water partition coefficient (Wildman–Crippen LogP) is 1.00. The van der Waals surface area contributed by atoms with Gasteiger partial charge in [0.1, 0.15) is 11.5 Å². The van der Waals surface area contributed by atoms with Crippen LogP contribution in [0.15, 0.2) is 24.3 Å². The van der Waals surface area contributed by atoms with Crippen LogP contribution in [0, 0.1) is 0 Å². The topological polar surface area (TPSA) is 46.6 Å². The average molecular weight is 257 g/mol. The summed E-state index contributed by atoms with van der Waals surface area (Å²) in [7, 11) is 0.350. The molecule has 1 aliphatic heterocycles. The van der Waals surface area contributed by atoms with Gasteiger partial charge >= 0.3 is 0 Å². The monoisotopic (exact) mass is 257 g/mol. The minimum atomic E-state index is -1.23. The number of anilines is 1. The van der Waals surface area contributed by atoms with Gasteiger partial charge in [-0.3, -0.25) is 13.9 Å². The number of carbonyl (C=O) groups is 1. The zero-order valence-electron chi connectivity index (χ0n) is 8.62. The lowest BCUT2D eigenvalue weighted by Crippen LogP contribution is -2.30. The van der Waals surface area contributed by atoms with E-state index in [9.17, 15) is 9.00 Å². The van der Waals surface area contributed by atoms with E-state index in [1.54, 1.807) is 31.4 Å². The molecule has 0 saturated carbocycles. The van der Waals surface area contributed by atoms with Crippen molar-refractivity contribution in [1.82, 2.24) is 0 Å². The third-order valence-electron chi connectivity index (χ3n) is 2.34. The summed E-state index contributed by atoms with van der Waals surface area (Å²) >= 11 is 4.18. The molecule has 1 aliphatic rings. The van der Waals surface area contributed by atoms with Gasteiger partial charge in [0, 0.05) is 5.69 Å². The Hall–Kier alpha value is -1.01. The molecule has 4 nitrogen and oxygen atoms in total. The van der Waals surface area contributed by atoms with E-state index in [-0.39, 0.29) is 11.7 Å². The molecule has 0 aromatic heterocycles. The lowest BCUT2D eigenvalue weighted by molar-refractivity contribution is -0.115. The number of hydrogen-bond donors (Lipinski definition) is 1. The second-order valence-corrected chi connectivity index (χ2v) is 5.65. The number of benzene rings is 1. The van der Waals surface area contributed by atoms with Crippen LogP contribution in [0.25, 0.3) is 0 Å². The van der Waals surface area contributed by atoms with E-state index in [1.165, 1.54) is 4.90 Å². The number of thiol groups is 1. The van der Waals surface area contributed by atoms with Crippen molar-refractivity contribution in [2.24, 2.45) is 0 Å². The first kappa shape index (κ1) is 11.5. The molecule has 16 heavy (non-hydrogen) atoms.